The maximum Gasteiger partial charge on any atom is 0.369 e. The minimum Gasteiger partial charge on any atom is -0.374 e. The van der Waals surface area contributed by atoms with E-state index >= 15 is 0 Å². The Morgan fingerprint density at radius 3 is 2.14 bits per heavy atom. The quantitative estimate of drug-likeness (QED) is 0.199. The smallest absolute Gasteiger partial charge is 0.369 e. The van der Waals surface area contributed by atoms with Crippen molar-refractivity contribution in [2.75, 3.05) is 0 Å². The van der Waals surface area contributed by atoms with E-state index in [1.165, 1.54) is 0 Å². The lowest BCUT2D eigenvalue weighted by Gasteiger charge is -2.35. The summed E-state index contributed by atoms with van der Waals surface area (Å²) >= 11 is 0. The minimum absolute atomic E-state index is 0.0538. The van der Waals surface area contributed by atoms with Gasteiger partial charge >= 0.3 is 15.2 Å². The maximum absolute atomic E-state index is 11.3. The van der Waals surface area contributed by atoms with Crippen molar-refractivity contribution in [1.82, 2.24) is 5.32 Å². The Morgan fingerprint density at radius 2 is 1.67 bits per heavy atom. The van der Waals surface area contributed by atoms with Crippen LogP contribution >= 0.6 is 15.2 Å². The molecule has 0 bridgehead atoms. The Bertz CT molecular complexity index is 438. The van der Waals surface area contributed by atoms with Crippen molar-refractivity contribution in [3.63, 3.8) is 0 Å². The lowest BCUT2D eigenvalue weighted by molar-refractivity contribution is 0.110. The molecule has 1 aliphatic rings. The van der Waals surface area contributed by atoms with Gasteiger partial charge in [0.2, 0.25) is 0 Å². The molecular weight excluding hydrogens is 322 g/mol. The molecule has 9 nitrogen and oxygen atoms in total. The maximum atomic E-state index is 11.3. The summed E-state index contributed by atoms with van der Waals surface area (Å²) < 4.78 is 22.6. The first-order valence-corrected chi connectivity index (χ1v) is 9.84. The highest BCUT2D eigenvalue weighted by atomic mass is 31.2. The summed E-state index contributed by atoms with van der Waals surface area (Å²) in [5, 5.41) is 16.4. The van der Waals surface area contributed by atoms with E-state index in [4.69, 9.17) is 25.0 Å². The average Bonchev–Trinajstić information content (AvgIpc) is 2.35. The molecule has 0 aliphatic heterocycles. The molecule has 0 aromatic heterocycles. The summed E-state index contributed by atoms with van der Waals surface area (Å²) in [7, 11) is -10.8. The number of rotatable bonds is 7. The van der Waals surface area contributed by atoms with Crippen LogP contribution in [0.15, 0.2) is 0 Å². The van der Waals surface area contributed by atoms with Crippen LogP contribution in [0.4, 0.5) is 0 Å². The van der Waals surface area contributed by atoms with Crippen LogP contribution in [-0.4, -0.2) is 42.1 Å². The highest BCUT2D eigenvalue weighted by Gasteiger charge is 2.59. The van der Waals surface area contributed by atoms with Gasteiger partial charge in [-0.1, -0.05) is 12.8 Å². The molecule has 0 spiro atoms. The Labute approximate surface area is 122 Å². The summed E-state index contributed by atoms with van der Waals surface area (Å²) in [6.45, 7) is 0. The Kier molecular flexibility index (Phi) is 6.15. The normalized spacial score (nSPS) is 24.6. The van der Waals surface area contributed by atoms with Gasteiger partial charge in [0, 0.05) is 12.5 Å². The zero-order valence-corrected chi connectivity index (χ0v) is 13.2. The van der Waals surface area contributed by atoms with E-state index in [1.807, 2.05) is 0 Å². The van der Waals surface area contributed by atoms with Gasteiger partial charge in [-0.2, -0.15) is 0 Å². The molecule has 1 fully saturated rings. The topological polar surface area (TPSA) is 171 Å². The molecule has 7 N–H and O–H groups in total. The summed E-state index contributed by atoms with van der Waals surface area (Å²) in [4.78, 5) is 36.4. The molecule has 2 unspecified atom stereocenters. The predicted molar refractivity (Wildman–Crippen MR) is 75.9 cm³/mol. The third-order valence-electron chi connectivity index (χ3n) is 3.99. The summed E-state index contributed by atoms with van der Waals surface area (Å²) in [6.07, 6.45) is 3.71. The molecule has 21 heavy (non-hydrogen) atoms. The molecule has 0 radical (unpaired) electrons. The molecule has 11 heteroatoms. The first-order valence-electron chi connectivity index (χ1n) is 6.61. The fraction of sp³-hybridized carbons (Fsp3) is 0.900. The van der Waals surface area contributed by atoms with E-state index in [0.717, 1.165) is 25.6 Å². The van der Waals surface area contributed by atoms with Crippen molar-refractivity contribution < 1.29 is 33.8 Å². The number of hydrogen-bond acceptors (Lipinski definition) is 4. The average molecular weight is 344 g/mol. The van der Waals surface area contributed by atoms with Crippen LogP contribution in [0.25, 0.3) is 0 Å². The van der Waals surface area contributed by atoms with Gasteiger partial charge in [-0.3, -0.25) is 14.5 Å². The first kappa shape index (κ1) is 18.8. The highest BCUT2D eigenvalue weighted by Crippen LogP contribution is 2.69. The van der Waals surface area contributed by atoms with Crippen LogP contribution in [0.5, 0.6) is 0 Å². The summed E-state index contributed by atoms with van der Waals surface area (Å²) in [5.41, 5.74) is 0. The largest absolute Gasteiger partial charge is 0.374 e. The van der Waals surface area contributed by atoms with Gasteiger partial charge in [0.25, 0.3) is 5.08 Å². The van der Waals surface area contributed by atoms with Gasteiger partial charge in [-0.15, -0.1) is 0 Å². The SMILES string of the molecule is N=CNC1CCCCC1CCC(O)(P(=O)(O)O)P(=O)(O)O. The van der Waals surface area contributed by atoms with Crippen molar-refractivity contribution in [1.29, 1.82) is 5.41 Å². The van der Waals surface area contributed by atoms with E-state index < -0.39 is 26.7 Å². The Morgan fingerprint density at radius 1 is 1.14 bits per heavy atom. The van der Waals surface area contributed by atoms with Gasteiger partial charge in [0.05, 0.1) is 6.34 Å². The minimum atomic E-state index is -5.38. The van der Waals surface area contributed by atoms with Crippen molar-refractivity contribution >= 4 is 21.5 Å². The molecular formula is C10H22N2O7P2. The highest BCUT2D eigenvalue weighted by molar-refractivity contribution is 7.72. The van der Waals surface area contributed by atoms with Crippen LogP contribution in [0.2, 0.25) is 0 Å². The molecule has 1 saturated carbocycles. The van der Waals surface area contributed by atoms with E-state index in [0.29, 0.717) is 6.42 Å². The van der Waals surface area contributed by atoms with Crippen LogP contribution < -0.4 is 5.32 Å². The van der Waals surface area contributed by atoms with Crippen LogP contribution in [-0.2, 0) is 9.13 Å². The fourth-order valence-electron chi connectivity index (χ4n) is 2.72. The van der Waals surface area contributed by atoms with Crippen LogP contribution in [0.3, 0.4) is 0 Å². The summed E-state index contributed by atoms with van der Waals surface area (Å²) in [6, 6.07) is -0.0888. The molecule has 0 aromatic carbocycles. The number of aliphatic hydroxyl groups is 1. The van der Waals surface area contributed by atoms with Crippen molar-refractivity contribution in [2.24, 2.45) is 5.92 Å². The third-order valence-corrected chi connectivity index (χ3v) is 7.87. The second-order valence-corrected chi connectivity index (χ2v) is 9.37. The molecule has 0 aromatic rings. The molecule has 124 valence electrons. The molecule has 0 heterocycles. The Hall–Kier alpha value is -0.270. The lowest BCUT2D eigenvalue weighted by atomic mass is 9.82. The van der Waals surface area contributed by atoms with E-state index in [9.17, 15) is 14.2 Å². The second kappa shape index (κ2) is 6.87. The zero-order chi connectivity index (χ0) is 16.3. The van der Waals surface area contributed by atoms with Crippen molar-refractivity contribution in [3.8, 4) is 0 Å². The third kappa shape index (κ3) is 4.36. The lowest BCUT2D eigenvalue weighted by Crippen LogP contribution is -2.39. The van der Waals surface area contributed by atoms with E-state index in [2.05, 4.69) is 5.32 Å². The molecule has 1 aliphatic carbocycles. The zero-order valence-electron chi connectivity index (χ0n) is 11.4. The van der Waals surface area contributed by atoms with Crippen LogP contribution in [0, 0.1) is 11.3 Å². The summed E-state index contributed by atoms with van der Waals surface area (Å²) in [5.74, 6) is -0.107. The van der Waals surface area contributed by atoms with Gasteiger partial charge in [0.15, 0.2) is 0 Å². The Balaban J connectivity index is 2.84. The van der Waals surface area contributed by atoms with Gasteiger partial charge in [-0.05, 0) is 25.2 Å². The van der Waals surface area contributed by atoms with Gasteiger partial charge < -0.3 is 30.0 Å². The number of nitrogens with one attached hydrogen (secondary N) is 2. The first-order chi connectivity index (χ1) is 9.53. The second-order valence-electron chi connectivity index (χ2n) is 5.36. The van der Waals surface area contributed by atoms with Crippen molar-refractivity contribution in [2.45, 2.75) is 49.6 Å². The molecule has 0 amide bonds. The van der Waals surface area contributed by atoms with Crippen molar-refractivity contribution in [3.05, 3.63) is 0 Å². The van der Waals surface area contributed by atoms with Gasteiger partial charge in [-0.25, -0.2) is 0 Å². The predicted octanol–water partition coefficient (Wildman–Crippen LogP) is 0.524. The van der Waals surface area contributed by atoms with Gasteiger partial charge in [0.1, 0.15) is 0 Å². The standard InChI is InChI=1S/C10H22N2O7P2/c11-7-12-9-4-2-1-3-8(9)5-6-10(13,20(14,15)16)21(17,18)19/h7-9,13H,1-6H2,(H2,11,12)(H2,14,15,16)(H2,17,18,19). The molecule has 1 rings (SSSR count). The molecule has 0 saturated heterocycles. The molecule has 2 atom stereocenters. The fourth-order valence-corrected chi connectivity index (χ4v) is 4.92. The van der Waals surface area contributed by atoms with E-state index in [-0.39, 0.29) is 18.4 Å². The monoisotopic (exact) mass is 344 g/mol. The van der Waals surface area contributed by atoms with Crippen LogP contribution in [0.1, 0.15) is 38.5 Å². The number of hydrogen-bond donors (Lipinski definition) is 7. The van der Waals surface area contributed by atoms with E-state index in [1.54, 1.807) is 0 Å².